The second kappa shape index (κ2) is 3.60. The molecule has 0 aromatic carbocycles. The summed E-state index contributed by atoms with van der Waals surface area (Å²) >= 11 is 0. The number of ketones is 1. The van der Waals surface area contributed by atoms with Crippen molar-refractivity contribution in [3.63, 3.8) is 0 Å². The highest BCUT2D eigenvalue weighted by Crippen LogP contribution is 1.93. The Hall–Kier alpha value is -1.39. The Kier molecular flexibility index (Phi) is 3.10. The molecule has 0 fully saturated rings. The summed E-state index contributed by atoms with van der Waals surface area (Å²) in [5, 5.41) is 18.6. The summed E-state index contributed by atoms with van der Waals surface area (Å²) in [6.45, 7) is 1.11. The third-order valence-electron chi connectivity index (χ3n) is 0.920. The van der Waals surface area contributed by atoms with Crippen molar-refractivity contribution in [3.05, 3.63) is 0 Å². The summed E-state index contributed by atoms with van der Waals surface area (Å²) in [5.74, 6) is -3.21. The summed E-state index contributed by atoms with van der Waals surface area (Å²) in [5.41, 5.74) is 0. The van der Waals surface area contributed by atoms with Crippen LogP contribution in [0.5, 0.6) is 0 Å². The first-order valence-electron chi connectivity index (χ1n) is 2.50. The summed E-state index contributed by atoms with van der Waals surface area (Å²) in [6, 6.07) is 0. The normalized spacial score (nSPS) is 13.3. The predicted molar refractivity (Wildman–Crippen MR) is 32.1 cm³/mol. The van der Waals surface area contributed by atoms with Crippen LogP contribution in [0, 0.1) is 5.92 Å². The zero-order valence-corrected chi connectivity index (χ0v) is 5.31. The minimum atomic E-state index is -1.33. The van der Waals surface area contributed by atoms with Gasteiger partial charge < -0.3 is 10.3 Å². The fraction of sp³-hybridized carbons (Fsp3) is 0.400. The maximum atomic E-state index is 10.4. The molecule has 0 radical (unpaired) electrons. The molecule has 0 saturated carbocycles. The molecule has 0 aliphatic carbocycles. The maximum absolute atomic E-state index is 10.4. The number of carbonyl (C=O) groups is 2. The van der Waals surface area contributed by atoms with Gasteiger partial charge in [-0.3, -0.25) is 9.59 Å². The number of carboxylic acid groups (broad SMARTS) is 1. The first-order chi connectivity index (χ1) is 4.59. The molecular formula is C5H7NO4. The fourth-order valence-electron chi connectivity index (χ4n) is 0.409. The Labute approximate surface area is 57.0 Å². The van der Waals surface area contributed by atoms with Crippen molar-refractivity contribution in [2.24, 2.45) is 11.1 Å². The Bertz CT molecular complexity index is 160. The maximum Gasteiger partial charge on any atom is 0.319 e. The highest BCUT2D eigenvalue weighted by atomic mass is 16.4. The van der Waals surface area contributed by atoms with E-state index < -0.39 is 17.7 Å². The van der Waals surface area contributed by atoms with Crippen molar-refractivity contribution < 1.29 is 19.9 Å². The van der Waals surface area contributed by atoms with Gasteiger partial charge in [-0.15, -0.1) is 5.16 Å². The molecule has 0 spiro atoms. The van der Waals surface area contributed by atoms with E-state index in [-0.39, 0.29) is 0 Å². The molecule has 10 heavy (non-hydrogen) atoms. The second-order valence-corrected chi connectivity index (χ2v) is 1.69. The Morgan fingerprint density at radius 1 is 1.60 bits per heavy atom. The van der Waals surface area contributed by atoms with Gasteiger partial charge >= 0.3 is 5.97 Å². The third-order valence-corrected chi connectivity index (χ3v) is 0.920. The lowest BCUT2D eigenvalue weighted by Gasteiger charge is -1.97. The number of hydrogen-bond acceptors (Lipinski definition) is 4. The quantitative estimate of drug-likeness (QED) is 0.248. The minimum absolute atomic E-state index is 0.565. The van der Waals surface area contributed by atoms with Crippen molar-refractivity contribution >= 4 is 18.0 Å². The lowest BCUT2D eigenvalue weighted by molar-refractivity contribution is -0.142. The lowest BCUT2D eigenvalue weighted by atomic mass is 10.1. The van der Waals surface area contributed by atoms with E-state index in [1.54, 1.807) is 0 Å². The van der Waals surface area contributed by atoms with Gasteiger partial charge in [0.15, 0.2) is 5.92 Å². The molecule has 5 nitrogen and oxygen atoms in total. The van der Waals surface area contributed by atoms with E-state index in [1.807, 2.05) is 0 Å². The van der Waals surface area contributed by atoms with Gasteiger partial charge in [0.1, 0.15) is 5.78 Å². The van der Waals surface area contributed by atoms with Gasteiger partial charge in [-0.2, -0.15) is 0 Å². The van der Waals surface area contributed by atoms with Crippen LogP contribution in [0.4, 0.5) is 0 Å². The van der Waals surface area contributed by atoms with E-state index in [4.69, 9.17) is 10.3 Å². The van der Waals surface area contributed by atoms with Crippen molar-refractivity contribution in [2.75, 3.05) is 0 Å². The Morgan fingerprint density at radius 3 is 2.20 bits per heavy atom. The standard InChI is InChI=1S/C5H7NO4/c1-3(7)4(2-6-10)5(8)9/h2,4,10H,1H3,(H,8,9)/b6-2-. The highest BCUT2D eigenvalue weighted by molar-refractivity contribution is 6.10. The number of aliphatic carboxylic acids is 1. The average Bonchev–Trinajstić information content (AvgIpc) is 1.81. The van der Waals surface area contributed by atoms with Crippen LogP contribution in [-0.2, 0) is 9.59 Å². The highest BCUT2D eigenvalue weighted by Gasteiger charge is 2.19. The molecular weight excluding hydrogens is 138 g/mol. The van der Waals surface area contributed by atoms with Crippen molar-refractivity contribution in [1.82, 2.24) is 0 Å². The van der Waals surface area contributed by atoms with Gasteiger partial charge in [0.2, 0.25) is 0 Å². The van der Waals surface area contributed by atoms with E-state index in [2.05, 4.69) is 5.16 Å². The second-order valence-electron chi connectivity index (χ2n) is 1.69. The van der Waals surface area contributed by atoms with Gasteiger partial charge in [0, 0.05) is 0 Å². The summed E-state index contributed by atoms with van der Waals surface area (Å²) < 4.78 is 0. The monoisotopic (exact) mass is 145 g/mol. The van der Waals surface area contributed by atoms with Crippen molar-refractivity contribution in [3.8, 4) is 0 Å². The van der Waals surface area contributed by atoms with E-state index in [9.17, 15) is 9.59 Å². The molecule has 5 heteroatoms. The molecule has 0 aliphatic heterocycles. The molecule has 0 bridgehead atoms. The van der Waals surface area contributed by atoms with E-state index in [0.29, 0.717) is 6.21 Å². The average molecular weight is 145 g/mol. The summed E-state index contributed by atoms with van der Waals surface area (Å²) in [7, 11) is 0. The number of carboxylic acids is 1. The van der Waals surface area contributed by atoms with Gasteiger partial charge in [-0.05, 0) is 6.92 Å². The van der Waals surface area contributed by atoms with Gasteiger partial charge in [-0.25, -0.2) is 0 Å². The molecule has 1 unspecified atom stereocenters. The first kappa shape index (κ1) is 8.61. The van der Waals surface area contributed by atoms with Crippen LogP contribution in [0.2, 0.25) is 0 Å². The van der Waals surface area contributed by atoms with E-state index in [0.717, 1.165) is 6.92 Å². The summed E-state index contributed by atoms with van der Waals surface area (Å²) in [4.78, 5) is 20.5. The molecule has 56 valence electrons. The van der Waals surface area contributed by atoms with Crippen molar-refractivity contribution in [1.29, 1.82) is 0 Å². The fourth-order valence-corrected chi connectivity index (χ4v) is 0.409. The number of oxime groups is 1. The molecule has 1 atom stereocenters. The lowest BCUT2D eigenvalue weighted by Crippen LogP contribution is -2.22. The molecule has 0 aliphatic rings. The Balaban J connectivity index is 4.27. The van der Waals surface area contributed by atoms with Crippen LogP contribution in [0.3, 0.4) is 0 Å². The number of nitrogens with zero attached hydrogens (tertiary/aromatic N) is 1. The number of carbonyl (C=O) groups excluding carboxylic acids is 1. The number of Topliss-reactive ketones (excluding diaryl/α,β-unsaturated/α-hetero) is 1. The molecule has 0 aromatic rings. The molecule has 0 amide bonds. The third kappa shape index (κ3) is 2.25. The predicted octanol–water partition coefficient (Wildman–Crippen LogP) is -0.264. The van der Waals surface area contributed by atoms with Crippen LogP contribution in [0.15, 0.2) is 5.16 Å². The Morgan fingerprint density at radius 2 is 2.10 bits per heavy atom. The van der Waals surface area contributed by atoms with Gasteiger partial charge in [0.25, 0.3) is 0 Å². The van der Waals surface area contributed by atoms with Gasteiger partial charge in [0.05, 0.1) is 6.21 Å². The van der Waals surface area contributed by atoms with Crippen LogP contribution < -0.4 is 0 Å². The molecule has 0 rings (SSSR count). The smallest absolute Gasteiger partial charge is 0.319 e. The molecule has 0 saturated heterocycles. The zero-order chi connectivity index (χ0) is 8.15. The van der Waals surface area contributed by atoms with Crippen LogP contribution in [0.1, 0.15) is 6.92 Å². The van der Waals surface area contributed by atoms with Crippen LogP contribution in [-0.4, -0.2) is 28.3 Å². The SMILES string of the molecule is CC(=O)C(/C=N\O)C(=O)O. The summed E-state index contributed by atoms with van der Waals surface area (Å²) in [6.07, 6.45) is 0.671. The number of rotatable bonds is 3. The largest absolute Gasteiger partial charge is 0.480 e. The van der Waals surface area contributed by atoms with Gasteiger partial charge in [-0.1, -0.05) is 0 Å². The topological polar surface area (TPSA) is 87.0 Å². The molecule has 2 N–H and O–H groups in total. The molecule has 0 aromatic heterocycles. The van der Waals surface area contributed by atoms with Crippen LogP contribution >= 0.6 is 0 Å². The number of hydrogen-bond donors (Lipinski definition) is 2. The van der Waals surface area contributed by atoms with Crippen LogP contribution in [0.25, 0.3) is 0 Å². The minimum Gasteiger partial charge on any atom is -0.480 e. The first-order valence-corrected chi connectivity index (χ1v) is 2.50. The molecule has 0 heterocycles. The van der Waals surface area contributed by atoms with Crippen molar-refractivity contribution in [2.45, 2.75) is 6.92 Å². The van der Waals surface area contributed by atoms with E-state index in [1.165, 1.54) is 0 Å². The van der Waals surface area contributed by atoms with E-state index >= 15 is 0 Å². The zero-order valence-electron chi connectivity index (χ0n) is 5.31.